The van der Waals surface area contributed by atoms with E-state index in [1.54, 1.807) is 24.5 Å². The van der Waals surface area contributed by atoms with Gasteiger partial charge in [-0.3, -0.25) is 9.78 Å². The van der Waals surface area contributed by atoms with E-state index < -0.39 is 0 Å². The number of pyridine rings is 1. The van der Waals surface area contributed by atoms with Crippen LogP contribution < -0.4 is 5.32 Å². The average Bonchev–Trinajstić information content (AvgIpc) is 2.80. The molecule has 0 aliphatic rings. The van der Waals surface area contributed by atoms with Crippen LogP contribution in [0.15, 0.2) is 39.7 Å². The number of nitrogens with zero attached hydrogens (tertiary/aromatic N) is 1. The van der Waals surface area contributed by atoms with Crippen LogP contribution in [-0.2, 0) is 6.42 Å². The van der Waals surface area contributed by atoms with Crippen molar-refractivity contribution in [2.45, 2.75) is 13.3 Å². The summed E-state index contributed by atoms with van der Waals surface area (Å²) in [5.41, 5.74) is 1.25. The summed E-state index contributed by atoms with van der Waals surface area (Å²) in [5, 5.41) is 2.80. The number of hydrogen-bond donors (Lipinski definition) is 1. The molecule has 2 aromatic rings. The smallest absolute Gasteiger partial charge is 0.259 e. The van der Waals surface area contributed by atoms with Crippen molar-refractivity contribution in [1.29, 1.82) is 0 Å². The SMILES string of the molecule is CCc1occc1C(=O)Nc1ccncc1Br. The van der Waals surface area contributed by atoms with Gasteiger partial charge in [0.2, 0.25) is 0 Å². The van der Waals surface area contributed by atoms with E-state index in [1.807, 2.05) is 6.92 Å². The van der Waals surface area contributed by atoms with Gasteiger partial charge in [-0.05, 0) is 28.1 Å². The monoisotopic (exact) mass is 294 g/mol. The van der Waals surface area contributed by atoms with Crippen molar-refractivity contribution in [3.05, 3.63) is 46.6 Å². The van der Waals surface area contributed by atoms with Crippen molar-refractivity contribution in [2.24, 2.45) is 0 Å². The summed E-state index contributed by atoms with van der Waals surface area (Å²) in [4.78, 5) is 15.9. The highest BCUT2D eigenvalue weighted by Gasteiger charge is 2.14. The van der Waals surface area contributed by atoms with Crippen molar-refractivity contribution in [1.82, 2.24) is 4.98 Å². The number of furan rings is 1. The number of carbonyl (C=O) groups excluding carboxylic acids is 1. The van der Waals surface area contributed by atoms with Crippen molar-refractivity contribution in [3.63, 3.8) is 0 Å². The van der Waals surface area contributed by atoms with Crippen molar-refractivity contribution < 1.29 is 9.21 Å². The minimum Gasteiger partial charge on any atom is -0.469 e. The molecule has 5 heteroatoms. The Morgan fingerprint density at radius 1 is 1.53 bits per heavy atom. The predicted molar refractivity (Wildman–Crippen MR) is 68.0 cm³/mol. The van der Waals surface area contributed by atoms with Gasteiger partial charge in [0.15, 0.2) is 0 Å². The maximum absolute atomic E-state index is 12.0. The number of aromatic nitrogens is 1. The van der Waals surface area contributed by atoms with Crippen LogP contribution >= 0.6 is 15.9 Å². The highest BCUT2D eigenvalue weighted by molar-refractivity contribution is 9.10. The molecule has 2 aromatic heterocycles. The Morgan fingerprint density at radius 3 is 3.06 bits per heavy atom. The van der Waals surface area contributed by atoms with Gasteiger partial charge in [0.1, 0.15) is 5.76 Å². The summed E-state index contributed by atoms with van der Waals surface area (Å²) in [6, 6.07) is 3.40. The summed E-state index contributed by atoms with van der Waals surface area (Å²) in [7, 11) is 0. The molecular weight excluding hydrogens is 284 g/mol. The molecule has 0 aliphatic heterocycles. The van der Waals surface area contributed by atoms with E-state index in [0.29, 0.717) is 23.4 Å². The van der Waals surface area contributed by atoms with Crippen molar-refractivity contribution in [3.8, 4) is 0 Å². The van der Waals surface area contributed by atoms with Gasteiger partial charge in [0.05, 0.1) is 22.0 Å². The van der Waals surface area contributed by atoms with E-state index in [2.05, 4.69) is 26.2 Å². The van der Waals surface area contributed by atoms with Crippen LogP contribution in [0.1, 0.15) is 23.0 Å². The molecule has 1 amide bonds. The number of carbonyl (C=O) groups is 1. The molecule has 1 N–H and O–H groups in total. The summed E-state index contributed by atoms with van der Waals surface area (Å²) >= 11 is 3.32. The molecule has 0 bridgehead atoms. The maximum atomic E-state index is 12.0. The van der Waals surface area contributed by atoms with Crippen LogP contribution in [0.5, 0.6) is 0 Å². The van der Waals surface area contributed by atoms with E-state index in [0.717, 1.165) is 4.47 Å². The second-order valence-electron chi connectivity index (χ2n) is 3.42. The van der Waals surface area contributed by atoms with E-state index in [-0.39, 0.29) is 5.91 Å². The molecule has 17 heavy (non-hydrogen) atoms. The third-order valence-corrected chi connectivity index (χ3v) is 2.96. The number of halogens is 1. The molecule has 88 valence electrons. The van der Waals surface area contributed by atoms with Crippen LogP contribution in [-0.4, -0.2) is 10.9 Å². The molecule has 0 radical (unpaired) electrons. The Kier molecular flexibility index (Phi) is 3.58. The summed E-state index contributed by atoms with van der Waals surface area (Å²) in [6.07, 6.45) is 5.46. The molecular formula is C12H11BrN2O2. The number of aryl methyl sites for hydroxylation is 1. The first-order valence-electron chi connectivity index (χ1n) is 5.19. The summed E-state index contributed by atoms with van der Waals surface area (Å²) in [6.45, 7) is 1.94. The van der Waals surface area contributed by atoms with Crippen LogP contribution in [0.2, 0.25) is 0 Å². The molecule has 2 rings (SSSR count). The molecule has 0 aliphatic carbocycles. The van der Waals surface area contributed by atoms with Gasteiger partial charge in [0.25, 0.3) is 5.91 Å². The van der Waals surface area contributed by atoms with E-state index in [4.69, 9.17) is 4.42 Å². The van der Waals surface area contributed by atoms with Crippen LogP contribution in [0, 0.1) is 0 Å². The zero-order valence-corrected chi connectivity index (χ0v) is 10.8. The average molecular weight is 295 g/mol. The first-order chi connectivity index (χ1) is 8.22. The normalized spacial score (nSPS) is 10.2. The lowest BCUT2D eigenvalue weighted by molar-refractivity contribution is 0.102. The molecule has 0 saturated carbocycles. The van der Waals surface area contributed by atoms with Crippen molar-refractivity contribution >= 4 is 27.5 Å². The third kappa shape index (κ3) is 2.55. The van der Waals surface area contributed by atoms with Crippen LogP contribution in [0.3, 0.4) is 0 Å². The molecule has 2 heterocycles. The number of nitrogens with one attached hydrogen (secondary N) is 1. The Hall–Kier alpha value is -1.62. The molecule has 0 aromatic carbocycles. The lowest BCUT2D eigenvalue weighted by Gasteiger charge is -2.06. The summed E-state index contributed by atoms with van der Waals surface area (Å²) in [5.74, 6) is 0.509. The number of anilines is 1. The predicted octanol–water partition coefficient (Wildman–Crippen LogP) is 3.25. The molecule has 0 spiro atoms. The van der Waals surface area contributed by atoms with E-state index >= 15 is 0 Å². The quantitative estimate of drug-likeness (QED) is 0.945. The van der Waals surface area contributed by atoms with Crippen molar-refractivity contribution in [2.75, 3.05) is 5.32 Å². The topological polar surface area (TPSA) is 55.1 Å². The fourth-order valence-corrected chi connectivity index (χ4v) is 1.83. The lowest BCUT2D eigenvalue weighted by atomic mass is 10.2. The third-order valence-electron chi connectivity index (χ3n) is 2.33. The fraction of sp³-hybridized carbons (Fsp3) is 0.167. The second-order valence-corrected chi connectivity index (χ2v) is 4.27. The van der Waals surface area contributed by atoms with Gasteiger partial charge in [0, 0.05) is 18.8 Å². The second kappa shape index (κ2) is 5.14. The van der Waals surface area contributed by atoms with Gasteiger partial charge in [-0.1, -0.05) is 6.92 Å². The minimum atomic E-state index is -0.178. The standard InChI is InChI=1S/C12H11BrN2O2/c1-2-11-8(4-6-17-11)12(16)15-10-3-5-14-7-9(10)13/h3-7H,2H2,1H3,(H,14,15,16). The molecule has 0 fully saturated rings. The maximum Gasteiger partial charge on any atom is 0.259 e. The summed E-state index contributed by atoms with van der Waals surface area (Å²) < 4.78 is 5.96. The first-order valence-corrected chi connectivity index (χ1v) is 5.99. The van der Waals surface area contributed by atoms with E-state index in [1.165, 1.54) is 6.26 Å². The van der Waals surface area contributed by atoms with Gasteiger partial charge in [-0.25, -0.2) is 0 Å². The Bertz CT molecular complexity index is 537. The molecule has 0 atom stereocenters. The zero-order valence-electron chi connectivity index (χ0n) is 9.24. The van der Waals surface area contributed by atoms with Gasteiger partial charge < -0.3 is 9.73 Å². The molecule has 0 saturated heterocycles. The Morgan fingerprint density at radius 2 is 2.35 bits per heavy atom. The molecule has 0 unspecified atom stereocenters. The first kappa shape index (κ1) is 11.9. The minimum absolute atomic E-state index is 0.178. The fourth-order valence-electron chi connectivity index (χ4n) is 1.48. The lowest BCUT2D eigenvalue weighted by Crippen LogP contribution is -2.13. The van der Waals surface area contributed by atoms with Gasteiger partial charge in [-0.2, -0.15) is 0 Å². The Labute approximate surface area is 107 Å². The van der Waals surface area contributed by atoms with E-state index in [9.17, 15) is 4.79 Å². The number of rotatable bonds is 3. The number of hydrogen-bond acceptors (Lipinski definition) is 3. The van der Waals surface area contributed by atoms with Crippen LogP contribution in [0.4, 0.5) is 5.69 Å². The van der Waals surface area contributed by atoms with Crippen LogP contribution in [0.25, 0.3) is 0 Å². The largest absolute Gasteiger partial charge is 0.469 e. The highest BCUT2D eigenvalue weighted by Crippen LogP contribution is 2.21. The van der Waals surface area contributed by atoms with Gasteiger partial charge >= 0.3 is 0 Å². The zero-order chi connectivity index (χ0) is 12.3. The number of amides is 1. The van der Waals surface area contributed by atoms with Gasteiger partial charge in [-0.15, -0.1) is 0 Å². The Balaban J connectivity index is 2.20. The highest BCUT2D eigenvalue weighted by atomic mass is 79.9. The molecule has 4 nitrogen and oxygen atoms in total.